The largest absolute Gasteiger partial charge is 0.480 e. The van der Waals surface area contributed by atoms with Crippen molar-refractivity contribution in [3.05, 3.63) is 0 Å². The molecule has 2 atom stereocenters. The molecule has 2 fully saturated rings. The Kier molecular flexibility index (Phi) is 3.23. The number of hydrogen-bond acceptors (Lipinski definition) is 3. The van der Waals surface area contributed by atoms with Gasteiger partial charge in [0, 0.05) is 26.1 Å². The van der Waals surface area contributed by atoms with Crippen LogP contribution in [-0.4, -0.2) is 63.8 Å². The van der Waals surface area contributed by atoms with Crippen LogP contribution in [-0.2, 0) is 4.79 Å². The summed E-state index contributed by atoms with van der Waals surface area (Å²) < 4.78 is 0. The zero-order valence-electron chi connectivity index (χ0n) is 10.8. The molecule has 2 amide bonds. The highest BCUT2D eigenvalue weighted by atomic mass is 16.4. The lowest BCUT2D eigenvalue weighted by atomic mass is 9.93. The first kappa shape index (κ1) is 13.1. The fourth-order valence-corrected chi connectivity index (χ4v) is 2.72. The third-order valence-corrected chi connectivity index (χ3v) is 3.76. The molecule has 0 saturated carbocycles. The lowest BCUT2D eigenvalue weighted by Gasteiger charge is -2.28. The summed E-state index contributed by atoms with van der Waals surface area (Å²) in [5.74, 6) is -1.04. The topological polar surface area (TPSA) is 81.1 Å². The Labute approximate surface area is 106 Å². The molecular weight excluding hydrogens is 236 g/mol. The molecule has 2 aliphatic rings. The monoisotopic (exact) mass is 256 g/mol. The van der Waals surface area contributed by atoms with E-state index in [0.29, 0.717) is 13.1 Å². The highest BCUT2D eigenvalue weighted by Gasteiger charge is 2.42. The normalized spacial score (nSPS) is 30.8. The number of aliphatic hydroxyl groups excluding tert-OH is 1. The first-order valence-electron chi connectivity index (χ1n) is 6.26. The van der Waals surface area contributed by atoms with Crippen molar-refractivity contribution in [3.63, 3.8) is 0 Å². The number of carboxylic acid groups (broad SMARTS) is 1. The van der Waals surface area contributed by atoms with E-state index < -0.39 is 18.1 Å². The minimum Gasteiger partial charge on any atom is -0.480 e. The summed E-state index contributed by atoms with van der Waals surface area (Å²) in [5.41, 5.74) is 0.0900. The maximum atomic E-state index is 12.3. The van der Waals surface area contributed by atoms with Crippen LogP contribution in [0.2, 0.25) is 0 Å². The fraction of sp³-hybridized carbons (Fsp3) is 0.833. The number of carboxylic acids is 1. The Hall–Kier alpha value is -1.30. The number of carbonyl (C=O) groups excluding carboxylic acids is 1. The number of nitrogens with zero attached hydrogens (tertiary/aromatic N) is 2. The molecule has 0 bridgehead atoms. The van der Waals surface area contributed by atoms with Gasteiger partial charge in [-0.15, -0.1) is 0 Å². The Balaban J connectivity index is 2.07. The molecule has 2 aliphatic heterocycles. The molecule has 0 aromatic rings. The van der Waals surface area contributed by atoms with E-state index in [0.717, 1.165) is 6.42 Å². The predicted octanol–water partition coefficient (Wildman–Crippen LogP) is 0.358. The lowest BCUT2D eigenvalue weighted by Crippen LogP contribution is -2.47. The molecule has 6 heteroatoms. The Morgan fingerprint density at radius 3 is 2.50 bits per heavy atom. The van der Waals surface area contributed by atoms with E-state index in [-0.39, 0.29) is 24.4 Å². The van der Waals surface area contributed by atoms with Gasteiger partial charge in [0.15, 0.2) is 0 Å². The van der Waals surface area contributed by atoms with Crippen molar-refractivity contribution >= 4 is 12.0 Å². The van der Waals surface area contributed by atoms with E-state index in [9.17, 15) is 14.7 Å². The summed E-state index contributed by atoms with van der Waals surface area (Å²) in [5, 5.41) is 18.6. The maximum absolute atomic E-state index is 12.3. The molecule has 2 N–H and O–H groups in total. The standard InChI is InChI=1S/C12H20N2O4/c1-12(2)3-4-13(7-12)11(18)14-6-8(15)5-9(14)10(16)17/h8-9,15H,3-7H2,1-2H3,(H,16,17)/t8-,9-/m1/s1. The predicted molar refractivity (Wildman–Crippen MR) is 64.1 cm³/mol. The molecule has 2 heterocycles. The van der Waals surface area contributed by atoms with Gasteiger partial charge in [0.25, 0.3) is 0 Å². The van der Waals surface area contributed by atoms with Gasteiger partial charge in [0.2, 0.25) is 0 Å². The first-order valence-corrected chi connectivity index (χ1v) is 6.26. The van der Waals surface area contributed by atoms with Crippen molar-refractivity contribution in [2.45, 2.75) is 38.8 Å². The van der Waals surface area contributed by atoms with Gasteiger partial charge < -0.3 is 20.0 Å². The summed E-state index contributed by atoms with van der Waals surface area (Å²) in [7, 11) is 0. The number of β-amino-alcohol motifs (C(OH)–C–C–N with tert-alkyl or cyclic N) is 1. The number of carbonyl (C=O) groups is 2. The van der Waals surface area contributed by atoms with Gasteiger partial charge in [-0.3, -0.25) is 0 Å². The van der Waals surface area contributed by atoms with Crippen molar-refractivity contribution in [3.8, 4) is 0 Å². The molecule has 102 valence electrons. The smallest absolute Gasteiger partial charge is 0.326 e. The summed E-state index contributed by atoms with van der Waals surface area (Å²) in [6.45, 7) is 5.60. The Morgan fingerprint density at radius 1 is 1.33 bits per heavy atom. The molecule has 2 rings (SSSR count). The van der Waals surface area contributed by atoms with Crippen LogP contribution in [0.3, 0.4) is 0 Å². The molecule has 0 unspecified atom stereocenters. The second-order valence-corrected chi connectivity index (χ2v) is 6.01. The van der Waals surface area contributed by atoms with Crippen LogP contribution in [0.15, 0.2) is 0 Å². The molecule has 0 aliphatic carbocycles. The van der Waals surface area contributed by atoms with Gasteiger partial charge in [0.1, 0.15) is 6.04 Å². The zero-order chi connectivity index (χ0) is 13.5. The molecule has 0 spiro atoms. The van der Waals surface area contributed by atoms with Crippen LogP contribution < -0.4 is 0 Å². The third kappa shape index (κ3) is 2.43. The number of amides is 2. The van der Waals surface area contributed by atoms with Crippen LogP contribution in [0.4, 0.5) is 4.79 Å². The highest BCUT2D eigenvalue weighted by Crippen LogP contribution is 2.30. The zero-order valence-corrected chi connectivity index (χ0v) is 10.8. The van der Waals surface area contributed by atoms with Crippen molar-refractivity contribution in [2.75, 3.05) is 19.6 Å². The maximum Gasteiger partial charge on any atom is 0.326 e. The number of rotatable bonds is 1. The quantitative estimate of drug-likeness (QED) is 0.709. The van der Waals surface area contributed by atoms with Gasteiger partial charge in [-0.25, -0.2) is 9.59 Å². The SMILES string of the molecule is CC1(C)CCN(C(=O)N2C[C@H](O)C[C@@H]2C(=O)O)C1. The first-order chi connectivity index (χ1) is 8.30. The lowest BCUT2D eigenvalue weighted by molar-refractivity contribution is -0.141. The van der Waals surface area contributed by atoms with E-state index in [1.54, 1.807) is 4.90 Å². The molecule has 2 saturated heterocycles. The highest BCUT2D eigenvalue weighted by molar-refractivity contribution is 5.83. The van der Waals surface area contributed by atoms with Crippen LogP contribution in [0.5, 0.6) is 0 Å². The van der Waals surface area contributed by atoms with Gasteiger partial charge in [-0.1, -0.05) is 13.8 Å². The summed E-state index contributed by atoms with van der Waals surface area (Å²) in [6.07, 6.45) is 0.316. The van der Waals surface area contributed by atoms with Gasteiger partial charge in [-0.05, 0) is 11.8 Å². The van der Waals surface area contributed by atoms with Crippen molar-refractivity contribution in [1.82, 2.24) is 9.80 Å². The Bertz CT molecular complexity index is 369. The average molecular weight is 256 g/mol. The van der Waals surface area contributed by atoms with E-state index in [2.05, 4.69) is 13.8 Å². The van der Waals surface area contributed by atoms with Gasteiger partial charge in [0.05, 0.1) is 6.10 Å². The molecule has 0 aromatic heterocycles. The number of hydrogen-bond donors (Lipinski definition) is 2. The number of likely N-dealkylation sites (tertiary alicyclic amines) is 2. The van der Waals surface area contributed by atoms with Crippen LogP contribution in [0.1, 0.15) is 26.7 Å². The molecule has 0 aromatic carbocycles. The van der Waals surface area contributed by atoms with E-state index in [1.807, 2.05) is 0 Å². The van der Waals surface area contributed by atoms with Crippen LogP contribution in [0, 0.1) is 5.41 Å². The van der Waals surface area contributed by atoms with Crippen molar-refractivity contribution in [2.24, 2.45) is 5.41 Å². The number of aliphatic hydroxyl groups is 1. The van der Waals surface area contributed by atoms with E-state index in [1.165, 1.54) is 4.90 Å². The minimum atomic E-state index is -1.04. The summed E-state index contributed by atoms with van der Waals surface area (Å²) in [4.78, 5) is 26.3. The van der Waals surface area contributed by atoms with E-state index >= 15 is 0 Å². The average Bonchev–Trinajstić information content (AvgIpc) is 2.80. The van der Waals surface area contributed by atoms with E-state index in [4.69, 9.17) is 5.11 Å². The van der Waals surface area contributed by atoms with Gasteiger partial charge >= 0.3 is 12.0 Å². The molecular formula is C12H20N2O4. The van der Waals surface area contributed by atoms with Crippen molar-refractivity contribution in [1.29, 1.82) is 0 Å². The summed E-state index contributed by atoms with van der Waals surface area (Å²) >= 11 is 0. The van der Waals surface area contributed by atoms with Crippen molar-refractivity contribution < 1.29 is 19.8 Å². The number of aliphatic carboxylic acids is 1. The Morgan fingerprint density at radius 2 is 2.00 bits per heavy atom. The second kappa shape index (κ2) is 4.42. The van der Waals surface area contributed by atoms with Crippen LogP contribution in [0.25, 0.3) is 0 Å². The van der Waals surface area contributed by atoms with Gasteiger partial charge in [-0.2, -0.15) is 0 Å². The fourth-order valence-electron chi connectivity index (χ4n) is 2.72. The molecule has 0 radical (unpaired) electrons. The molecule has 18 heavy (non-hydrogen) atoms. The van der Waals surface area contributed by atoms with Crippen LogP contribution >= 0.6 is 0 Å². The summed E-state index contributed by atoms with van der Waals surface area (Å²) in [6, 6.07) is -1.15. The minimum absolute atomic E-state index is 0.0900. The number of urea groups is 1. The molecule has 6 nitrogen and oxygen atoms in total. The second-order valence-electron chi connectivity index (χ2n) is 6.01. The third-order valence-electron chi connectivity index (χ3n) is 3.76.